The summed E-state index contributed by atoms with van der Waals surface area (Å²) in [5.74, 6) is -11.8. The van der Waals surface area contributed by atoms with Gasteiger partial charge in [-0.25, -0.2) is 0 Å². The summed E-state index contributed by atoms with van der Waals surface area (Å²) in [5.41, 5.74) is 0. The van der Waals surface area contributed by atoms with Gasteiger partial charge in [0, 0.05) is 0 Å². The normalized spacial score (nSPS) is 11.7. The molecule has 0 rings (SSSR count). The van der Waals surface area contributed by atoms with Gasteiger partial charge in [-0.05, 0) is 0 Å². The number of esters is 3. The minimum Gasteiger partial charge on any atom is -0.456 e. The molecule has 21 heavy (non-hydrogen) atoms. The van der Waals surface area contributed by atoms with Gasteiger partial charge in [-0.1, -0.05) is 0 Å². The molecule has 0 radical (unpaired) electrons. The van der Waals surface area contributed by atoms with Crippen LogP contribution in [0.3, 0.4) is 0 Å². The zero-order chi connectivity index (χ0) is 16.7. The van der Waals surface area contributed by atoms with Crippen LogP contribution in [0.2, 0.25) is 0 Å². The summed E-state index contributed by atoms with van der Waals surface area (Å²) >= 11 is 10.7. The highest BCUT2D eigenvalue weighted by atomic mass is 32.1. The predicted octanol–water partition coefficient (Wildman–Crippen LogP) is -2.27. The molecule has 0 aromatic rings. The topological polar surface area (TPSA) is 140 Å². The second-order valence-electron chi connectivity index (χ2n) is 3.47. The number of carbonyl (C=O) groups excluding carboxylic acids is 3. The van der Waals surface area contributed by atoms with E-state index in [4.69, 9.17) is 0 Å². The van der Waals surface area contributed by atoms with Crippen LogP contribution in [-0.2, 0) is 28.6 Å². The van der Waals surface area contributed by atoms with Gasteiger partial charge in [0.15, 0.2) is 6.61 Å². The lowest BCUT2D eigenvalue weighted by Gasteiger charge is -2.36. The molecule has 0 spiro atoms. The Morgan fingerprint density at radius 1 is 0.810 bits per heavy atom. The first-order valence-corrected chi connectivity index (χ1v) is 7.10. The zero-order valence-electron chi connectivity index (χ0n) is 10.5. The van der Waals surface area contributed by atoms with Gasteiger partial charge < -0.3 is 29.5 Å². The Hall–Kier alpha value is -0.660. The van der Waals surface area contributed by atoms with Crippen molar-refractivity contribution in [3.05, 3.63) is 0 Å². The third-order valence-electron chi connectivity index (χ3n) is 1.88. The van der Waals surface area contributed by atoms with Crippen molar-refractivity contribution in [3.63, 3.8) is 0 Å². The maximum Gasteiger partial charge on any atom is 0.373 e. The van der Waals surface area contributed by atoms with E-state index < -0.39 is 53.5 Å². The van der Waals surface area contributed by atoms with Crippen LogP contribution >= 0.6 is 37.9 Å². The van der Waals surface area contributed by atoms with Crippen molar-refractivity contribution >= 4 is 55.8 Å². The monoisotopic (exact) mass is 362 g/mol. The maximum absolute atomic E-state index is 11.3. The summed E-state index contributed by atoms with van der Waals surface area (Å²) in [6.45, 7) is -1.19. The smallest absolute Gasteiger partial charge is 0.373 e. The highest BCUT2D eigenvalue weighted by molar-refractivity contribution is 7.81. The molecule has 0 aliphatic rings. The lowest BCUT2D eigenvalue weighted by Crippen LogP contribution is -2.63. The van der Waals surface area contributed by atoms with Crippen LogP contribution in [0.25, 0.3) is 0 Å². The van der Waals surface area contributed by atoms with Crippen LogP contribution < -0.4 is 0 Å². The van der Waals surface area contributed by atoms with Crippen LogP contribution in [0.1, 0.15) is 0 Å². The van der Waals surface area contributed by atoms with Gasteiger partial charge in [0.05, 0.1) is 17.3 Å². The molecule has 9 nitrogen and oxygen atoms in total. The van der Waals surface area contributed by atoms with Crippen molar-refractivity contribution in [3.8, 4) is 0 Å². The largest absolute Gasteiger partial charge is 0.456 e. The Morgan fingerprint density at radius 2 is 1.19 bits per heavy atom. The maximum atomic E-state index is 11.3. The molecule has 0 saturated heterocycles. The molecule has 12 heteroatoms. The Bertz CT molecular complexity index is 374. The van der Waals surface area contributed by atoms with E-state index in [1.807, 2.05) is 0 Å². The molecule has 0 aromatic carbocycles. The molecule has 0 bridgehead atoms. The van der Waals surface area contributed by atoms with Crippen molar-refractivity contribution in [2.75, 3.05) is 23.9 Å². The fraction of sp³-hybridized carbons (Fsp3) is 0.667. The van der Waals surface area contributed by atoms with Crippen molar-refractivity contribution < 1.29 is 43.9 Å². The number of carbonyl (C=O) groups is 3. The molecule has 0 aliphatic heterocycles. The van der Waals surface area contributed by atoms with Crippen LogP contribution in [0.4, 0.5) is 0 Å². The minimum atomic E-state index is -3.85. The van der Waals surface area contributed by atoms with E-state index in [2.05, 4.69) is 52.1 Å². The number of rotatable bonds is 8. The Balaban J connectivity index is 5.44. The van der Waals surface area contributed by atoms with Crippen LogP contribution in [0.15, 0.2) is 0 Å². The summed E-state index contributed by atoms with van der Waals surface area (Å²) < 4.78 is 13.4. The lowest BCUT2D eigenvalue weighted by molar-refractivity contribution is -0.448. The van der Waals surface area contributed by atoms with Crippen molar-refractivity contribution in [1.29, 1.82) is 0 Å². The molecule has 0 aliphatic carbocycles. The standard InChI is InChI=1S/C9H14O9S3/c10-5(1-19)16-4-8(9(13,14)15,17-6(11)2-20)18-7(12)3-21/h13-15,19-21H,1-4H2. The van der Waals surface area contributed by atoms with Crippen molar-refractivity contribution in [1.82, 2.24) is 0 Å². The van der Waals surface area contributed by atoms with Crippen molar-refractivity contribution in [2.45, 2.75) is 11.8 Å². The number of aliphatic hydroxyl groups is 3. The summed E-state index contributed by atoms with van der Waals surface area (Å²) in [6, 6.07) is 0. The molecule has 0 saturated carbocycles. The fourth-order valence-corrected chi connectivity index (χ4v) is 1.19. The molecule has 0 amide bonds. The minimum absolute atomic E-state index is 0.396. The van der Waals surface area contributed by atoms with Gasteiger partial charge >= 0.3 is 29.7 Å². The Kier molecular flexibility index (Phi) is 8.43. The number of hydrogen-bond acceptors (Lipinski definition) is 12. The third kappa shape index (κ3) is 6.32. The Labute approximate surface area is 135 Å². The van der Waals surface area contributed by atoms with Gasteiger partial charge in [-0.3, -0.25) is 14.4 Å². The van der Waals surface area contributed by atoms with Crippen LogP contribution in [0.5, 0.6) is 0 Å². The lowest BCUT2D eigenvalue weighted by atomic mass is 10.2. The molecule has 3 N–H and O–H groups in total. The average Bonchev–Trinajstić information content (AvgIpc) is 2.42. The molecule has 0 unspecified atom stereocenters. The number of ether oxygens (including phenoxy) is 3. The number of thiol groups is 3. The van der Waals surface area contributed by atoms with Gasteiger partial charge in [-0.15, -0.1) is 0 Å². The van der Waals surface area contributed by atoms with E-state index >= 15 is 0 Å². The molecular weight excluding hydrogens is 348 g/mol. The molecule has 122 valence electrons. The van der Waals surface area contributed by atoms with E-state index in [1.165, 1.54) is 0 Å². The molecule has 0 aromatic heterocycles. The van der Waals surface area contributed by atoms with Gasteiger partial charge in [0.2, 0.25) is 0 Å². The van der Waals surface area contributed by atoms with Crippen molar-refractivity contribution in [2.24, 2.45) is 0 Å². The van der Waals surface area contributed by atoms with Crippen LogP contribution in [0, 0.1) is 0 Å². The zero-order valence-corrected chi connectivity index (χ0v) is 13.1. The average molecular weight is 362 g/mol. The fourth-order valence-electron chi connectivity index (χ4n) is 0.967. The van der Waals surface area contributed by atoms with Crippen LogP contribution in [-0.4, -0.2) is 68.9 Å². The first kappa shape index (κ1) is 20.3. The first-order chi connectivity index (χ1) is 9.61. The molecular formula is C9H14O9S3. The molecule has 0 atom stereocenters. The van der Waals surface area contributed by atoms with E-state index in [0.717, 1.165) is 0 Å². The third-order valence-corrected chi connectivity index (χ3v) is 2.65. The second kappa shape index (κ2) is 8.70. The summed E-state index contributed by atoms with van der Waals surface area (Å²) in [6.07, 6.45) is 0. The second-order valence-corrected chi connectivity index (χ2v) is 4.42. The van der Waals surface area contributed by atoms with E-state index in [1.54, 1.807) is 0 Å². The Morgan fingerprint density at radius 3 is 1.48 bits per heavy atom. The predicted molar refractivity (Wildman–Crippen MR) is 76.8 cm³/mol. The highest BCUT2D eigenvalue weighted by Gasteiger charge is 2.58. The van der Waals surface area contributed by atoms with E-state index in [9.17, 15) is 29.7 Å². The highest BCUT2D eigenvalue weighted by Crippen LogP contribution is 2.26. The summed E-state index contributed by atoms with van der Waals surface area (Å²) in [7, 11) is 0. The molecule has 0 fully saturated rings. The van der Waals surface area contributed by atoms with Gasteiger partial charge in [0.1, 0.15) is 0 Å². The van der Waals surface area contributed by atoms with E-state index in [0.29, 0.717) is 0 Å². The summed E-state index contributed by atoms with van der Waals surface area (Å²) in [5, 5.41) is 27.9. The van der Waals surface area contributed by atoms with Gasteiger partial charge in [0.25, 0.3) is 0 Å². The first-order valence-electron chi connectivity index (χ1n) is 5.21. The summed E-state index contributed by atoms with van der Waals surface area (Å²) in [4.78, 5) is 33.6. The quantitative estimate of drug-likeness (QED) is 0.160. The van der Waals surface area contributed by atoms with E-state index in [-0.39, 0.29) is 0 Å². The van der Waals surface area contributed by atoms with Gasteiger partial charge in [-0.2, -0.15) is 37.9 Å². The molecule has 0 heterocycles. The number of hydrogen-bond donors (Lipinski definition) is 6. The SMILES string of the molecule is O=C(CS)OCC(OC(=O)CS)(OC(=O)CS)C(O)(O)O.